The molecule has 0 aromatic heterocycles. The second kappa shape index (κ2) is 4.88. The molecule has 16 heavy (non-hydrogen) atoms. The van der Waals surface area contributed by atoms with Crippen molar-refractivity contribution in [2.75, 3.05) is 6.61 Å². The minimum atomic E-state index is 0.276. The second-order valence-corrected chi connectivity index (χ2v) is 4.81. The van der Waals surface area contributed by atoms with E-state index >= 15 is 0 Å². The molecular weight excluding hydrogens is 198 g/mol. The van der Waals surface area contributed by atoms with E-state index < -0.39 is 0 Å². The molecule has 0 radical (unpaired) electrons. The highest BCUT2D eigenvalue weighted by molar-refractivity contribution is 5.39. The molecule has 1 aromatic carbocycles. The van der Waals surface area contributed by atoms with Crippen LogP contribution in [0.3, 0.4) is 0 Å². The van der Waals surface area contributed by atoms with E-state index in [4.69, 9.17) is 10.5 Å². The van der Waals surface area contributed by atoms with Crippen LogP contribution in [0.1, 0.15) is 38.2 Å². The minimum Gasteiger partial charge on any atom is -0.493 e. The number of ether oxygens (including phenoxy) is 1. The first kappa shape index (κ1) is 11.5. The SMILES string of the molecule is CCC(CC1COc2ccccc21)C(C)N. The van der Waals surface area contributed by atoms with Crippen molar-refractivity contribution in [3.05, 3.63) is 29.8 Å². The summed E-state index contributed by atoms with van der Waals surface area (Å²) in [6, 6.07) is 8.64. The molecule has 0 saturated carbocycles. The summed E-state index contributed by atoms with van der Waals surface area (Å²) in [5, 5.41) is 0. The third kappa shape index (κ3) is 2.22. The Morgan fingerprint density at radius 1 is 1.44 bits per heavy atom. The largest absolute Gasteiger partial charge is 0.493 e. The van der Waals surface area contributed by atoms with Gasteiger partial charge in [-0.3, -0.25) is 0 Å². The molecular formula is C14H21NO. The van der Waals surface area contributed by atoms with Crippen LogP contribution in [0.4, 0.5) is 0 Å². The maximum Gasteiger partial charge on any atom is 0.122 e. The van der Waals surface area contributed by atoms with Gasteiger partial charge in [-0.15, -0.1) is 0 Å². The summed E-state index contributed by atoms with van der Waals surface area (Å²) in [7, 11) is 0. The molecule has 3 unspecified atom stereocenters. The van der Waals surface area contributed by atoms with Crippen LogP contribution in [-0.2, 0) is 0 Å². The van der Waals surface area contributed by atoms with Crippen LogP contribution in [0.15, 0.2) is 24.3 Å². The normalized spacial score (nSPS) is 22.3. The summed E-state index contributed by atoms with van der Waals surface area (Å²) in [6.45, 7) is 5.15. The predicted octanol–water partition coefficient (Wildman–Crippen LogP) is 2.93. The number of rotatable bonds is 4. The highest BCUT2D eigenvalue weighted by Gasteiger charge is 2.27. The van der Waals surface area contributed by atoms with Crippen LogP contribution < -0.4 is 10.5 Å². The first-order valence-corrected chi connectivity index (χ1v) is 6.19. The first-order chi connectivity index (χ1) is 7.72. The zero-order valence-corrected chi connectivity index (χ0v) is 10.1. The molecule has 0 amide bonds. The van der Waals surface area contributed by atoms with Gasteiger partial charge in [0.2, 0.25) is 0 Å². The maximum absolute atomic E-state index is 6.00. The van der Waals surface area contributed by atoms with Gasteiger partial charge < -0.3 is 10.5 Å². The van der Waals surface area contributed by atoms with Crippen molar-refractivity contribution in [1.82, 2.24) is 0 Å². The molecule has 0 saturated heterocycles. The third-order valence-corrected chi connectivity index (χ3v) is 3.65. The van der Waals surface area contributed by atoms with Gasteiger partial charge in [0.1, 0.15) is 5.75 Å². The van der Waals surface area contributed by atoms with Gasteiger partial charge in [0.25, 0.3) is 0 Å². The summed E-state index contributed by atoms with van der Waals surface area (Å²) in [4.78, 5) is 0. The van der Waals surface area contributed by atoms with Gasteiger partial charge in [-0.25, -0.2) is 0 Å². The Morgan fingerprint density at radius 3 is 2.88 bits per heavy atom. The number of para-hydroxylation sites is 1. The number of nitrogens with two attached hydrogens (primary N) is 1. The van der Waals surface area contributed by atoms with E-state index in [0.29, 0.717) is 11.8 Å². The number of benzene rings is 1. The van der Waals surface area contributed by atoms with E-state index in [9.17, 15) is 0 Å². The van der Waals surface area contributed by atoms with Crippen LogP contribution in [0, 0.1) is 5.92 Å². The molecule has 2 rings (SSSR count). The molecule has 2 heteroatoms. The van der Waals surface area contributed by atoms with Crippen LogP contribution in [0.2, 0.25) is 0 Å². The Morgan fingerprint density at radius 2 is 2.19 bits per heavy atom. The van der Waals surface area contributed by atoms with Crippen molar-refractivity contribution >= 4 is 0 Å². The van der Waals surface area contributed by atoms with Gasteiger partial charge in [-0.05, 0) is 25.3 Å². The van der Waals surface area contributed by atoms with Crippen molar-refractivity contribution in [3.8, 4) is 5.75 Å². The van der Waals surface area contributed by atoms with E-state index in [1.54, 1.807) is 0 Å². The molecule has 0 bridgehead atoms. The summed E-state index contributed by atoms with van der Waals surface area (Å²) >= 11 is 0. The van der Waals surface area contributed by atoms with Gasteiger partial charge >= 0.3 is 0 Å². The molecule has 1 aromatic rings. The molecule has 1 aliphatic rings. The molecule has 2 N–H and O–H groups in total. The number of hydrogen-bond donors (Lipinski definition) is 1. The Kier molecular flexibility index (Phi) is 3.49. The fourth-order valence-electron chi connectivity index (χ4n) is 2.54. The van der Waals surface area contributed by atoms with E-state index in [-0.39, 0.29) is 6.04 Å². The van der Waals surface area contributed by atoms with E-state index in [1.807, 2.05) is 6.07 Å². The maximum atomic E-state index is 6.00. The third-order valence-electron chi connectivity index (χ3n) is 3.65. The summed E-state index contributed by atoms with van der Waals surface area (Å²) in [5.41, 5.74) is 7.37. The van der Waals surface area contributed by atoms with Crippen LogP contribution in [0.5, 0.6) is 5.75 Å². The van der Waals surface area contributed by atoms with Gasteiger partial charge in [-0.2, -0.15) is 0 Å². The highest BCUT2D eigenvalue weighted by atomic mass is 16.5. The average Bonchev–Trinajstić information content (AvgIpc) is 2.69. The Hall–Kier alpha value is -1.02. The van der Waals surface area contributed by atoms with Crippen molar-refractivity contribution < 1.29 is 4.74 Å². The summed E-state index contributed by atoms with van der Waals surface area (Å²) in [5.74, 6) is 2.19. The zero-order chi connectivity index (χ0) is 11.5. The van der Waals surface area contributed by atoms with Crippen molar-refractivity contribution in [3.63, 3.8) is 0 Å². The first-order valence-electron chi connectivity index (χ1n) is 6.19. The molecule has 0 spiro atoms. The predicted molar refractivity (Wildman–Crippen MR) is 66.7 cm³/mol. The average molecular weight is 219 g/mol. The molecule has 1 aliphatic heterocycles. The fourth-order valence-corrected chi connectivity index (χ4v) is 2.54. The Balaban J connectivity index is 2.08. The fraction of sp³-hybridized carbons (Fsp3) is 0.571. The Labute approximate surface area is 97.8 Å². The van der Waals surface area contributed by atoms with E-state index in [1.165, 1.54) is 5.56 Å². The van der Waals surface area contributed by atoms with Gasteiger partial charge in [-0.1, -0.05) is 31.5 Å². The van der Waals surface area contributed by atoms with Gasteiger partial charge in [0.15, 0.2) is 0 Å². The molecule has 3 atom stereocenters. The van der Waals surface area contributed by atoms with Crippen LogP contribution in [0.25, 0.3) is 0 Å². The second-order valence-electron chi connectivity index (χ2n) is 4.81. The van der Waals surface area contributed by atoms with Crippen LogP contribution in [-0.4, -0.2) is 12.6 Å². The molecule has 1 heterocycles. The summed E-state index contributed by atoms with van der Waals surface area (Å²) < 4.78 is 5.70. The van der Waals surface area contributed by atoms with Gasteiger partial charge in [0, 0.05) is 17.5 Å². The monoisotopic (exact) mass is 219 g/mol. The zero-order valence-electron chi connectivity index (χ0n) is 10.1. The number of hydrogen-bond acceptors (Lipinski definition) is 2. The lowest BCUT2D eigenvalue weighted by molar-refractivity contribution is 0.291. The van der Waals surface area contributed by atoms with Crippen molar-refractivity contribution in [2.45, 2.75) is 38.6 Å². The molecule has 0 fully saturated rings. The number of fused-ring (bicyclic) bond motifs is 1. The van der Waals surface area contributed by atoms with E-state index in [2.05, 4.69) is 32.0 Å². The lowest BCUT2D eigenvalue weighted by Gasteiger charge is -2.22. The van der Waals surface area contributed by atoms with Gasteiger partial charge in [0.05, 0.1) is 6.61 Å². The molecule has 0 aliphatic carbocycles. The summed E-state index contributed by atoms with van der Waals surface area (Å²) in [6.07, 6.45) is 2.29. The quantitative estimate of drug-likeness (QED) is 0.845. The topological polar surface area (TPSA) is 35.2 Å². The van der Waals surface area contributed by atoms with Crippen molar-refractivity contribution in [2.24, 2.45) is 11.7 Å². The Bertz CT molecular complexity index is 348. The minimum absolute atomic E-state index is 0.276. The smallest absolute Gasteiger partial charge is 0.122 e. The van der Waals surface area contributed by atoms with Crippen molar-refractivity contribution in [1.29, 1.82) is 0 Å². The molecule has 2 nitrogen and oxygen atoms in total. The lowest BCUT2D eigenvalue weighted by atomic mass is 9.85. The highest BCUT2D eigenvalue weighted by Crippen LogP contribution is 2.38. The van der Waals surface area contributed by atoms with E-state index in [0.717, 1.165) is 25.2 Å². The molecule has 88 valence electrons. The standard InChI is InChI=1S/C14H21NO/c1-3-11(10(2)15)8-12-9-16-14-7-5-4-6-13(12)14/h4-7,10-12H,3,8-9,15H2,1-2H3. The van der Waals surface area contributed by atoms with Crippen LogP contribution >= 0.6 is 0 Å². The lowest BCUT2D eigenvalue weighted by Crippen LogP contribution is -2.27.